The maximum Gasteiger partial charge on any atom is 0.418 e. The first-order valence-electron chi connectivity index (χ1n) is 24.5. The second-order valence-electron chi connectivity index (χ2n) is 19.8. The van der Waals surface area contributed by atoms with Gasteiger partial charge < -0.3 is 38.6 Å². The van der Waals surface area contributed by atoms with Crippen LogP contribution in [0, 0.1) is 12.7 Å². The molecule has 73 heavy (non-hydrogen) atoms. The number of hydrogen-bond acceptors (Lipinski definition) is 13. The first-order valence-corrected chi connectivity index (χ1v) is 24.9. The van der Waals surface area contributed by atoms with Crippen molar-refractivity contribution in [1.82, 2.24) is 24.8 Å². The molecule has 8 rings (SSSR count). The number of ether oxygens (including phenoxy) is 5. The van der Waals surface area contributed by atoms with Gasteiger partial charge in [-0.1, -0.05) is 35.9 Å². The van der Waals surface area contributed by atoms with Crippen LogP contribution in [-0.4, -0.2) is 126 Å². The zero-order valence-electron chi connectivity index (χ0n) is 41.9. The second-order valence-corrected chi connectivity index (χ2v) is 20.2. The monoisotopic (exact) mass is 1040 g/mol. The molecular formula is C53H62ClF4N7O8. The molecule has 2 unspecified atom stereocenters. The van der Waals surface area contributed by atoms with Gasteiger partial charge >= 0.3 is 24.2 Å². The zero-order valence-corrected chi connectivity index (χ0v) is 42.7. The molecule has 3 saturated heterocycles. The summed E-state index contributed by atoms with van der Waals surface area (Å²) < 4.78 is 92.7. The fourth-order valence-electron chi connectivity index (χ4n) is 10.0. The van der Waals surface area contributed by atoms with E-state index in [1.54, 1.807) is 64.2 Å². The highest BCUT2D eigenvalue weighted by molar-refractivity contribution is 6.34. The molecule has 15 nitrogen and oxygen atoms in total. The minimum Gasteiger partial charge on any atom is -0.497 e. The number of anilines is 2. The Labute approximate surface area is 427 Å². The highest BCUT2D eigenvalue weighted by Crippen LogP contribution is 2.46. The number of aromatic nitrogens is 3. The lowest BCUT2D eigenvalue weighted by atomic mass is 9.98. The molecule has 5 aromatic rings. The Morgan fingerprint density at radius 1 is 0.877 bits per heavy atom. The second kappa shape index (κ2) is 22.5. The van der Waals surface area contributed by atoms with Gasteiger partial charge in [0.25, 0.3) is 0 Å². The lowest BCUT2D eigenvalue weighted by Crippen LogP contribution is -2.57. The number of carboxylic acids is 1. The number of carboxylic acid groups (broad SMARTS) is 1. The standard InChI is InChI=1S/C53H62ClF4N7O8/c1-32-25-42(63(27-33-10-16-38(69-5)17-11-33)28-34-12-18-39(70-6)19-13-34)59-48(45(32)53(56,57)58)44-41(54)26-40-47(46(44)55)60-50(72-31-37-9-7-21-62(37)22-8-23-71-24-20-43(66)67)61-49(40)64-29-35-14-15-36(30-64)65(35)51(68)73-52(2,3)4/h10-13,16-19,25-26,35-37H,7-9,14-15,20-24,27-31H2,1-6H3,(H,66,67)/t35?,36?,37-/m0/s1. The smallest absolute Gasteiger partial charge is 0.418 e. The molecule has 0 spiro atoms. The molecule has 1 N–H and O–H groups in total. The van der Waals surface area contributed by atoms with Crippen molar-refractivity contribution in [3.8, 4) is 28.8 Å². The van der Waals surface area contributed by atoms with Crippen molar-refractivity contribution in [3.63, 3.8) is 0 Å². The van der Waals surface area contributed by atoms with Gasteiger partial charge in [0.1, 0.15) is 40.9 Å². The number of carbonyl (C=O) groups is 2. The molecule has 1 amide bonds. The van der Waals surface area contributed by atoms with E-state index in [1.807, 2.05) is 34.1 Å². The topological polar surface area (TPSA) is 152 Å². The highest BCUT2D eigenvalue weighted by Gasteiger charge is 2.46. The summed E-state index contributed by atoms with van der Waals surface area (Å²) in [5.41, 5.74) is -2.05. The zero-order chi connectivity index (χ0) is 52.2. The number of nitrogens with zero attached hydrogens (tertiary/aromatic N) is 7. The predicted octanol–water partition coefficient (Wildman–Crippen LogP) is 10.3. The van der Waals surface area contributed by atoms with Gasteiger partial charge in [-0.25, -0.2) is 14.2 Å². The molecule has 3 aliphatic rings. The molecular weight excluding hydrogens is 974 g/mol. The van der Waals surface area contributed by atoms with Crippen molar-refractivity contribution in [3.05, 3.63) is 93.8 Å². The minimum atomic E-state index is -4.98. The van der Waals surface area contributed by atoms with Gasteiger partial charge in [0.15, 0.2) is 5.82 Å². The van der Waals surface area contributed by atoms with Gasteiger partial charge in [-0.2, -0.15) is 23.1 Å². The number of benzene rings is 3. The number of carbonyl (C=O) groups excluding carboxylic acids is 1. The van der Waals surface area contributed by atoms with E-state index in [1.165, 1.54) is 19.1 Å². The van der Waals surface area contributed by atoms with E-state index < -0.39 is 46.5 Å². The number of methoxy groups -OCH3 is 2. The molecule has 3 atom stereocenters. The number of amides is 1. The average molecular weight is 1040 g/mol. The van der Waals surface area contributed by atoms with E-state index in [0.717, 1.165) is 30.5 Å². The van der Waals surface area contributed by atoms with Crippen LogP contribution in [0.2, 0.25) is 5.02 Å². The molecule has 2 bridgehead atoms. The van der Waals surface area contributed by atoms with Crippen LogP contribution < -0.4 is 24.0 Å². The summed E-state index contributed by atoms with van der Waals surface area (Å²) in [6.45, 7) is 9.84. The van der Waals surface area contributed by atoms with Crippen LogP contribution in [0.15, 0.2) is 60.7 Å². The predicted molar refractivity (Wildman–Crippen MR) is 268 cm³/mol. The average Bonchev–Trinajstić information content (AvgIpc) is 3.90. The Balaban J connectivity index is 1.20. The number of alkyl halides is 3. The summed E-state index contributed by atoms with van der Waals surface area (Å²) in [5, 5.41) is 8.75. The number of fused-ring (bicyclic) bond motifs is 3. The number of halogens is 5. The molecule has 392 valence electrons. The summed E-state index contributed by atoms with van der Waals surface area (Å²) in [5.74, 6) is -0.411. The lowest BCUT2D eigenvalue weighted by molar-refractivity contribution is -0.139. The third-order valence-corrected chi connectivity index (χ3v) is 13.7. The van der Waals surface area contributed by atoms with Gasteiger partial charge in [-0.3, -0.25) is 14.6 Å². The Kier molecular flexibility index (Phi) is 16.4. The molecule has 0 saturated carbocycles. The summed E-state index contributed by atoms with van der Waals surface area (Å²) in [4.78, 5) is 46.3. The molecule has 3 aromatic carbocycles. The quantitative estimate of drug-likeness (QED) is 0.0617. The number of aryl methyl sites for hydroxylation is 1. The van der Waals surface area contributed by atoms with Gasteiger partial charge in [-0.15, -0.1) is 0 Å². The summed E-state index contributed by atoms with van der Waals surface area (Å²) in [6.07, 6.45) is -1.78. The van der Waals surface area contributed by atoms with Crippen molar-refractivity contribution in [2.24, 2.45) is 0 Å². The minimum absolute atomic E-state index is 0.0661. The van der Waals surface area contributed by atoms with Crippen LogP contribution in [0.1, 0.15) is 81.5 Å². The van der Waals surface area contributed by atoms with Gasteiger partial charge in [-0.05, 0) is 119 Å². The SMILES string of the molecule is COc1ccc(CN(Cc2ccc(OC)cc2)c2cc(C)c(C(F)(F)F)c(-c3c(Cl)cc4c(N5CC6CCC(C5)N6C(=O)OC(C)(C)C)nc(OC[C@@H]5CCCN5CCCOCCC(=O)O)nc4c3F)n2)cc1. The first kappa shape index (κ1) is 53.1. The Bertz CT molecular complexity index is 2700. The van der Waals surface area contributed by atoms with Gasteiger partial charge in [0.2, 0.25) is 0 Å². The van der Waals surface area contributed by atoms with Crippen LogP contribution in [0.5, 0.6) is 17.5 Å². The molecule has 5 heterocycles. The molecule has 0 aliphatic carbocycles. The fraction of sp³-hybridized carbons (Fsp3) is 0.491. The van der Waals surface area contributed by atoms with Crippen molar-refractivity contribution >= 4 is 46.2 Å². The Hall–Kier alpha value is -6.18. The van der Waals surface area contributed by atoms with Crippen LogP contribution in [0.25, 0.3) is 22.2 Å². The van der Waals surface area contributed by atoms with E-state index in [4.69, 9.17) is 45.4 Å². The molecule has 3 aliphatic heterocycles. The number of likely N-dealkylation sites (tertiary alicyclic amines) is 1. The maximum absolute atomic E-state index is 18.0. The van der Waals surface area contributed by atoms with Gasteiger partial charge in [0.05, 0.1) is 61.2 Å². The first-order chi connectivity index (χ1) is 34.8. The summed E-state index contributed by atoms with van der Waals surface area (Å²) in [7, 11) is 3.11. The maximum atomic E-state index is 18.0. The Morgan fingerprint density at radius 3 is 2.08 bits per heavy atom. The number of aliphatic carboxylic acids is 1. The summed E-state index contributed by atoms with van der Waals surface area (Å²) in [6, 6.07) is 16.5. The van der Waals surface area contributed by atoms with E-state index >= 15 is 17.6 Å². The van der Waals surface area contributed by atoms with Gasteiger partial charge in [0, 0.05) is 50.8 Å². The third kappa shape index (κ3) is 12.6. The lowest BCUT2D eigenvalue weighted by Gasteiger charge is -2.42. The molecule has 3 fully saturated rings. The van der Waals surface area contributed by atoms with Crippen molar-refractivity contribution < 1.29 is 55.9 Å². The van der Waals surface area contributed by atoms with Crippen LogP contribution in [-0.2, 0) is 33.5 Å². The number of piperazine rings is 1. The van der Waals surface area contributed by atoms with Crippen LogP contribution in [0.3, 0.4) is 0 Å². The highest BCUT2D eigenvalue weighted by atomic mass is 35.5. The van der Waals surface area contributed by atoms with E-state index in [0.29, 0.717) is 57.0 Å². The van der Waals surface area contributed by atoms with Crippen LogP contribution >= 0.6 is 11.6 Å². The van der Waals surface area contributed by atoms with E-state index in [-0.39, 0.29) is 90.0 Å². The molecule has 2 aromatic heterocycles. The van der Waals surface area contributed by atoms with E-state index in [2.05, 4.69) is 14.9 Å². The number of hydrogen-bond donors (Lipinski definition) is 1. The largest absolute Gasteiger partial charge is 0.497 e. The van der Waals surface area contributed by atoms with Crippen LogP contribution in [0.4, 0.5) is 34.0 Å². The molecule has 0 radical (unpaired) electrons. The third-order valence-electron chi connectivity index (χ3n) is 13.4. The van der Waals surface area contributed by atoms with Crippen molar-refractivity contribution in [2.75, 3.05) is 70.0 Å². The number of rotatable bonds is 19. The van der Waals surface area contributed by atoms with Crippen molar-refractivity contribution in [1.29, 1.82) is 0 Å². The normalized spacial score (nSPS) is 18.1. The summed E-state index contributed by atoms with van der Waals surface area (Å²) >= 11 is 7.06. The van der Waals surface area contributed by atoms with E-state index in [9.17, 15) is 9.59 Å². The number of pyridine rings is 1. The fourth-order valence-corrected chi connectivity index (χ4v) is 10.3. The molecule has 20 heteroatoms. The Morgan fingerprint density at radius 2 is 1.51 bits per heavy atom. The van der Waals surface area contributed by atoms with Crippen molar-refractivity contribution in [2.45, 2.75) is 109 Å².